The third-order valence-electron chi connectivity index (χ3n) is 4.77. The zero-order valence-corrected chi connectivity index (χ0v) is 14.2. The lowest BCUT2D eigenvalue weighted by molar-refractivity contribution is 0.0862. The van der Waals surface area contributed by atoms with Crippen LogP contribution in [0.2, 0.25) is 0 Å². The molecule has 3 nitrogen and oxygen atoms in total. The van der Waals surface area contributed by atoms with Crippen molar-refractivity contribution in [3.8, 4) is 0 Å². The van der Waals surface area contributed by atoms with Crippen molar-refractivity contribution in [1.29, 1.82) is 0 Å². The van der Waals surface area contributed by atoms with Crippen molar-refractivity contribution in [3.05, 3.63) is 71.3 Å². The summed E-state index contributed by atoms with van der Waals surface area (Å²) < 4.78 is 27.0. The van der Waals surface area contributed by atoms with Crippen LogP contribution in [0.4, 0.5) is 8.78 Å². The van der Waals surface area contributed by atoms with E-state index in [9.17, 15) is 13.6 Å². The molecule has 5 heteroatoms. The van der Waals surface area contributed by atoms with Crippen molar-refractivity contribution in [2.24, 2.45) is 0 Å². The minimum atomic E-state index is -1.09. The second-order valence-corrected chi connectivity index (χ2v) is 6.60. The number of amides is 1. The maximum absolute atomic E-state index is 13.7. The molecule has 25 heavy (non-hydrogen) atoms. The largest absolute Gasteiger partial charge is 0.349 e. The summed E-state index contributed by atoms with van der Waals surface area (Å²) >= 11 is 0. The third kappa shape index (κ3) is 4.23. The van der Waals surface area contributed by atoms with Gasteiger partial charge in [0.15, 0.2) is 11.6 Å². The molecule has 0 aromatic heterocycles. The van der Waals surface area contributed by atoms with Gasteiger partial charge in [-0.05, 0) is 37.5 Å². The molecule has 1 aliphatic heterocycles. The number of carbonyl (C=O) groups excluding carboxylic acids is 1. The van der Waals surface area contributed by atoms with E-state index in [-0.39, 0.29) is 11.6 Å². The van der Waals surface area contributed by atoms with Crippen LogP contribution in [-0.4, -0.2) is 29.4 Å². The van der Waals surface area contributed by atoms with E-state index in [4.69, 9.17) is 0 Å². The molecule has 132 valence electrons. The van der Waals surface area contributed by atoms with Crippen LogP contribution < -0.4 is 5.32 Å². The molecule has 2 aromatic carbocycles. The molecular formula is C20H22F2N2O. The molecule has 0 unspecified atom stereocenters. The fourth-order valence-electron chi connectivity index (χ4n) is 3.35. The first kappa shape index (κ1) is 17.5. The summed E-state index contributed by atoms with van der Waals surface area (Å²) in [4.78, 5) is 14.6. The zero-order chi connectivity index (χ0) is 17.8. The molecule has 0 bridgehead atoms. The van der Waals surface area contributed by atoms with Crippen LogP contribution in [0.25, 0.3) is 0 Å². The summed E-state index contributed by atoms with van der Waals surface area (Å²) in [6.45, 7) is 3.86. The van der Waals surface area contributed by atoms with Gasteiger partial charge in [0.1, 0.15) is 0 Å². The lowest BCUT2D eigenvalue weighted by Crippen LogP contribution is -2.48. The summed E-state index contributed by atoms with van der Waals surface area (Å²) in [5.41, 5.74) is 1.03. The van der Waals surface area contributed by atoms with Gasteiger partial charge in [-0.15, -0.1) is 0 Å². The van der Waals surface area contributed by atoms with Crippen LogP contribution in [0, 0.1) is 11.6 Å². The number of hydrogen-bond donors (Lipinski definition) is 1. The molecular weight excluding hydrogens is 322 g/mol. The van der Waals surface area contributed by atoms with Gasteiger partial charge in [-0.2, -0.15) is 0 Å². The van der Waals surface area contributed by atoms with Crippen molar-refractivity contribution >= 4 is 5.91 Å². The van der Waals surface area contributed by atoms with Gasteiger partial charge in [0.25, 0.3) is 5.91 Å². The normalized spacial score (nSPS) is 21.1. The number of carbonyl (C=O) groups is 1. The summed E-state index contributed by atoms with van der Waals surface area (Å²) in [6, 6.07) is 14.2. The fraction of sp³-hybridized carbons (Fsp3) is 0.350. The Kier molecular flexibility index (Phi) is 5.43. The van der Waals surface area contributed by atoms with E-state index in [1.54, 1.807) is 0 Å². The van der Waals surface area contributed by atoms with Crippen LogP contribution in [0.1, 0.15) is 35.7 Å². The van der Waals surface area contributed by atoms with Crippen LogP contribution in [0.15, 0.2) is 48.5 Å². The quantitative estimate of drug-likeness (QED) is 0.916. The molecule has 1 heterocycles. The zero-order valence-electron chi connectivity index (χ0n) is 14.2. The van der Waals surface area contributed by atoms with E-state index in [0.29, 0.717) is 6.04 Å². The van der Waals surface area contributed by atoms with Crippen molar-refractivity contribution in [3.63, 3.8) is 0 Å². The SMILES string of the molecule is C[C@@H]1C[C@@H](NC(=O)c2cccc(F)c2F)CCN1Cc1ccccc1. The number of nitrogens with zero attached hydrogens (tertiary/aromatic N) is 1. The first-order chi connectivity index (χ1) is 12.0. The van der Waals surface area contributed by atoms with E-state index >= 15 is 0 Å². The molecule has 0 aliphatic carbocycles. The molecule has 1 amide bonds. The lowest BCUT2D eigenvalue weighted by Gasteiger charge is -2.38. The molecule has 1 aliphatic rings. The summed E-state index contributed by atoms with van der Waals surface area (Å²) in [7, 11) is 0. The molecule has 2 aromatic rings. The van der Waals surface area contributed by atoms with E-state index in [0.717, 1.165) is 32.0 Å². The molecule has 3 rings (SSSR count). The van der Waals surface area contributed by atoms with Gasteiger partial charge >= 0.3 is 0 Å². The Hall–Kier alpha value is -2.27. The second kappa shape index (κ2) is 7.74. The Bertz CT molecular complexity index is 736. The van der Waals surface area contributed by atoms with E-state index < -0.39 is 17.5 Å². The average Bonchev–Trinajstić information content (AvgIpc) is 2.60. The number of piperidine rings is 1. The minimum absolute atomic E-state index is 0.0304. The Balaban J connectivity index is 1.58. The molecule has 2 atom stereocenters. The molecule has 1 N–H and O–H groups in total. The summed E-state index contributed by atoms with van der Waals surface area (Å²) in [6.07, 6.45) is 1.58. The van der Waals surface area contributed by atoms with E-state index in [2.05, 4.69) is 29.3 Å². The Morgan fingerprint density at radius 1 is 1.16 bits per heavy atom. The lowest BCUT2D eigenvalue weighted by atomic mass is 9.97. The Labute approximate surface area is 146 Å². The third-order valence-corrected chi connectivity index (χ3v) is 4.77. The van der Waals surface area contributed by atoms with Crippen molar-refractivity contribution in [1.82, 2.24) is 10.2 Å². The van der Waals surface area contributed by atoms with Gasteiger partial charge in [0.2, 0.25) is 0 Å². The maximum Gasteiger partial charge on any atom is 0.254 e. The number of rotatable bonds is 4. The first-order valence-electron chi connectivity index (χ1n) is 8.57. The van der Waals surface area contributed by atoms with Crippen LogP contribution >= 0.6 is 0 Å². The van der Waals surface area contributed by atoms with Crippen LogP contribution in [-0.2, 0) is 6.54 Å². The van der Waals surface area contributed by atoms with Gasteiger partial charge in [0, 0.05) is 25.2 Å². The van der Waals surface area contributed by atoms with Crippen molar-refractivity contribution in [2.75, 3.05) is 6.54 Å². The number of likely N-dealkylation sites (tertiary alicyclic amines) is 1. The highest BCUT2D eigenvalue weighted by molar-refractivity contribution is 5.94. The van der Waals surface area contributed by atoms with Crippen LogP contribution in [0.5, 0.6) is 0 Å². The molecule has 0 spiro atoms. The van der Waals surface area contributed by atoms with Crippen molar-refractivity contribution < 1.29 is 13.6 Å². The second-order valence-electron chi connectivity index (χ2n) is 6.60. The summed E-state index contributed by atoms with van der Waals surface area (Å²) in [5.74, 6) is -2.64. The minimum Gasteiger partial charge on any atom is -0.349 e. The highest BCUT2D eigenvalue weighted by Crippen LogP contribution is 2.21. The smallest absolute Gasteiger partial charge is 0.254 e. The number of hydrogen-bond acceptors (Lipinski definition) is 2. The van der Waals surface area contributed by atoms with Gasteiger partial charge in [-0.1, -0.05) is 36.4 Å². The number of nitrogens with one attached hydrogen (secondary N) is 1. The predicted molar refractivity (Wildman–Crippen MR) is 93.2 cm³/mol. The van der Waals surface area contributed by atoms with E-state index in [1.807, 2.05) is 18.2 Å². The Morgan fingerprint density at radius 2 is 1.92 bits per heavy atom. The Morgan fingerprint density at radius 3 is 2.64 bits per heavy atom. The monoisotopic (exact) mass is 344 g/mol. The topological polar surface area (TPSA) is 32.3 Å². The van der Waals surface area contributed by atoms with Crippen molar-refractivity contribution in [2.45, 2.75) is 38.4 Å². The fourth-order valence-corrected chi connectivity index (χ4v) is 3.35. The molecule has 1 saturated heterocycles. The van der Waals surface area contributed by atoms with Gasteiger partial charge in [-0.25, -0.2) is 8.78 Å². The highest BCUT2D eigenvalue weighted by atomic mass is 19.2. The maximum atomic E-state index is 13.7. The molecule has 0 saturated carbocycles. The average molecular weight is 344 g/mol. The van der Waals surface area contributed by atoms with Gasteiger partial charge < -0.3 is 5.32 Å². The molecule has 0 radical (unpaired) electrons. The standard InChI is InChI=1S/C20H22F2N2O/c1-14-12-16(10-11-24(14)13-15-6-3-2-4-7-15)23-20(25)17-8-5-9-18(21)19(17)22/h2-9,14,16H,10-13H2,1H3,(H,23,25)/t14-,16+/m1/s1. The first-order valence-corrected chi connectivity index (χ1v) is 8.57. The number of halogens is 2. The predicted octanol–water partition coefficient (Wildman–Crippen LogP) is 3.75. The summed E-state index contributed by atoms with van der Waals surface area (Å²) in [5, 5.41) is 2.85. The van der Waals surface area contributed by atoms with E-state index in [1.165, 1.54) is 17.7 Å². The molecule has 1 fully saturated rings. The van der Waals surface area contributed by atoms with Gasteiger partial charge in [0.05, 0.1) is 5.56 Å². The van der Waals surface area contributed by atoms with Crippen LogP contribution in [0.3, 0.4) is 0 Å². The number of benzene rings is 2. The highest BCUT2D eigenvalue weighted by Gasteiger charge is 2.27. The van der Waals surface area contributed by atoms with Gasteiger partial charge in [-0.3, -0.25) is 9.69 Å².